The van der Waals surface area contributed by atoms with Gasteiger partial charge in [0, 0.05) is 23.3 Å². The maximum Gasteiger partial charge on any atom is 0.405 e. The molecule has 0 saturated heterocycles. The van der Waals surface area contributed by atoms with Gasteiger partial charge in [-0.2, -0.15) is 13.2 Å². The third-order valence-corrected chi connectivity index (χ3v) is 4.19. The molecule has 29 heavy (non-hydrogen) atoms. The van der Waals surface area contributed by atoms with Crippen LogP contribution in [0.25, 0.3) is 22.4 Å². The van der Waals surface area contributed by atoms with Crippen molar-refractivity contribution < 1.29 is 22.4 Å². The fourth-order valence-corrected chi connectivity index (χ4v) is 2.75. The van der Waals surface area contributed by atoms with E-state index in [1.807, 2.05) is 0 Å². The van der Waals surface area contributed by atoms with Gasteiger partial charge in [0.2, 0.25) is 5.91 Å². The van der Waals surface area contributed by atoms with E-state index >= 15 is 0 Å². The molecule has 3 aromatic rings. The Balaban J connectivity index is 1.86. The molecule has 3 aromatic heterocycles. The van der Waals surface area contributed by atoms with E-state index in [2.05, 4.69) is 25.3 Å². The molecule has 0 aliphatic rings. The number of hydrogen-bond donors (Lipinski definition) is 3. The number of pyridine rings is 1. The molecule has 12 heteroatoms. The number of H-pyrrole nitrogens is 1. The van der Waals surface area contributed by atoms with Crippen molar-refractivity contribution in [3.05, 3.63) is 35.5 Å². The van der Waals surface area contributed by atoms with Crippen molar-refractivity contribution in [1.29, 1.82) is 0 Å². The van der Waals surface area contributed by atoms with Gasteiger partial charge in [-0.1, -0.05) is 18.5 Å². The normalized spacial score (nSPS) is 12.8. The van der Waals surface area contributed by atoms with Crippen molar-refractivity contribution in [2.45, 2.75) is 25.6 Å². The van der Waals surface area contributed by atoms with Gasteiger partial charge in [0.15, 0.2) is 17.5 Å². The molecule has 0 bridgehead atoms. The van der Waals surface area contributed by atoms with E-state index in [1.54, 1.807) is 24.5 Å². The minimum absolute atomic E-state index is 0.106. The van der Waals surface area contributed by atoms with Crippen LogP contribution in [-0.4, -0.2) is 44.6 Å². The van der Waals surface area contributed by atoms with Gasteiger partial charge in [-0.3, -0.25) is 4.79 Å². The largest absolute Gasteiger partial charge is 0.405 e. The number of nitrogens with zero attached hydrogens (tertiary/aromatic N) is 3. The van der Waals surface area contributed by atoms with Crippen LogP contribution in [0.4, 0.5) is 23.4 Å². The van der Waals surface area contributed by atoms with Crippen LogP contribution < -0.4 is 10.6 Å². The molecular formula is C17H15ClF4N6O. The van der Waals surface area contributed by atoms with E-state index in [1.165, 1.54) is 6.20 Å². The Morgan fingerprint density at radius 2 is 2.07 bits per heavy atom. The zero-order chi connectivity index (χ0) is 21.2. The van der Waals surface area contributed by atoms with Gasteiger partial charge in [-0.25, -0.2) is 19.3 Å². The number of halogens is 5. The van der Waals surface area contributed by atoms with Crippen LogP contribution in [0, 0.1) is 5.82 Å². The molecule has 0 radical (unpaired) electrons. The monoisotopic (exact) mass is 430 g/mol. The second-order valence-corrected chi connectivity index (χ2v) is 6.52. The van der Waals surface area contributed by atoms with E-state index in [4.69, 9.17) is 11.6 Å². The van der Waals surface area contributed by atoms with Gasteiger partial charge in [0.1, 0.15) is 18.2 Å². The van der Waals surface area contributed by atoms with Crippen LogP contribution in [-0.2, 0) is 4.79 Å². The first-order valence-corrected chi connectivity index (χ1v) is 8.82. The summed E-state index contributed by atoms with van der Waals surface area (Å²) in [6, 6.07) is 0.517. The molecular weight excluding hydrogens is 416 g/mol. The third kappa shape index (κ3) is 4.91. The van der Waals surface area contributed by atoms with Crippen LogP contribution in [0.3, 0.4) is 0 Å². The van der Waals surface area contributed by atoms with Crippen LogP contribution >= 0.6 is 11.6 Å². The van der Waals surface area contributed by atoms with Crippen molar-refractivity contribution in [2.24, 2.45) is 0 Å². The summed E-state index contributed by atoms with van der Waals surface area (Å²) >= 11 is 5.96. The zero-order valence-corrected chi connectivity index (χ0v) is 15.7. The summed E-state index contributed by atoms with van der Waals surface area (Å²) in [4.78, 5) is 27.0. The number of carbonyl (C=O) groups is 1. The fourth-order valence-electron chi connectivity index (χ4n) is 2.59. The third-order valence-electron chi connectivity index (χ3n) is 3.98. The number of amides is 1. The lowest BCUT2D eigenvalue weighted by Crippen LogP contribution is -2.43. The van der Waals surface area contributed by atoms with Crippen LogP contribution in [0.2, 0.25) is 5.02 Å². The quantitative estimate of drug-likeness (QED) is 0.518. The predicted molar refractivity (Wildman–Crippen MR) is 98.9 cm³/mol. The second kappa shape index (κ2) is 8.19. The average Bonchev–Trinajstić information content (AvgIpc) is 3.08. The van der Waals surface area contributed by atoms with Gasteiger partial charge >= 0.3 is 6.18 Å². The predicted octanol–water partition coefficient (Wildman–Crippen LogP) is 3.68. The van der Waals surface area contributed by atoms with Crippen LogP contribution in [0.1, 0.15) is 13.3 Å². The summed E-state index contributed by atoms with van der Waals surface area (Å²) in [5.74, 6) is -1.97. The van der Waals surface area contributed by atoms with Gasteiger partial charge in [-0.15, -0.1) is 0 Å². The standard InChI is InChI=1S/C17H15ClF4N6O/c1-2-12(16(29)26-7-17(20,21)22)27-15-11(19)6-25-14(28-15)10-5-24-13-9(10)3-8(18)4-23-13/h3-6,12H,2,7H2,1H3,(H,23,24)(H,26,29)(H,25,27,28)/t12-/m1/s1. The van der Waals surface area contributed by atoms with Gasteiger partial charge in [0.05, 0.1) is 11.2 Å². The van der Waals surface area contributed by atoms with E-state index in [0.717, 1.165) is 6.20 Å². The Morgan fingerprint density at radius 1 is 1.31 bits per heavy atom. The molecule has 1 amide bonds. The van der Waals surface area contributed by atoms with Gasteiger partial charge < -0.3 is 15.6 Å². The molecule has 0 fully saturated rings. The van der Waals surface area contributed by atoms with E-state index in [0.29, 0.717) is 21.6 Å². The van der Waals surface area contributed by atoms with Crippen molar-refractivity contribution in [1.82, 2.24) is 25.3 Å². The zero-order valence-electron chi connectivity index (χ0n) is 14.9. The van der Waals surface area contributed by atoms with Crippen molar-refractivity contribution in [3.63, 3.8) is 0 Å². The first kappa shape index (κ1) is 20.8. The summed E-state index contributed by atoms with van der Waals surface area (Å²) in [5.41, 5.74) is 1.01. The Hall–Kier alpha value is -2.95. The molecule has 1 atom stereocenters. The second-order valence-electron chi connectivity index (χ2n) is 6.08. The first-order valence-electron chi connectivity index (χ1n) is 8.44. The van der Waals surface area contributed by atoms with Crippen LogP contribution in [0.5, 0.6) is 0 Å². The summed E-state index contributed by atoms with van der Waals surface area (Å²) < 4.78 is 51.1. The molecule has 3 heterocycles. The highest BCUT2D eigenvalue weighted by Gasteiger charge is 2.29. The Bertz CT molecular complexity index is 1040. The minimum Gasteiger partial charge on any atom is -0.356 e. The number of alkyl halides is 3. The highest BCUT2D eigenvalue weighted by molar-refractivity contribution is 6.31. The number of rotatable bonds is 6. The van der Waals surface area contributed by atoms with Gasteiger partial charge in [0.25, 0.3) is 0 Å². The SMILES string of the molecule is CC[C@@H](Nc1nc(-c2c[nH]c3ncc(Cl)cc23)ncc1F)C(=O)NCC(F)(F)F. The molecule has 0 spiro atoms. The number of anilines is 1. The Morgan fingerprint density at radius 3 is 2.76 bits per heavy atom. The molecule has 3 rings (SSSR count). The first-order chi connectivity index (χ1) is 13.7. The number of fused-ring (bicyclic) bond motifs is 1. The molecule has 0 aliphatic heterocycles. The van der Waals surface area contributed by atoms with Crippen molar-refractivity contribution in [3.8, 4) is 11.4 Å². The number of aromatic nitrogens is 4. The van der Waals surface area contributed by atoms with Gasteiger partial charge in [-0.05, 0) is 12.5 Å². The van der Waals surface area contributed by atoms with E-state index < -0.39 is 30.5 Å². The maximum absolute atomic E-state index is 14.2. The topological polar surface area (TPSA) is 95.6 Å². The fraction of sp³-hybridized carbons (Fsp3) is 0.294. The lowest BCUT2D eigenvalue weighted by molar-refractivity contribution is -0.138. The Labute approximate surface area is 166 Å². The summed E-state index contributed by atoms with van der Waals surface area (Å²) in [6.45, 7) is 0.0861. The van der Waals surface area contributed by atoms with E-state index in [-0.39, 0.29) is 18.1 Å². The Kier molecular flexibility index (Phi) is 5.87. The maximum atomic E-state index is 14.2. The highest BCUT2D eigenvalue weighted by Crippen LogP contribution is 2.28. The molecule has 7 nitrogen and oxygen atoms in total. The van der Waals surface area contributed by atoms with E-state index in [9.17, 15) is 22.4 Å². The molecule has 3 N–H and O–H groups in total. The smallest absolute Gasteiger partial charge is 0.356 e. The molecule has 0 saturated carbocycles. The number of hydrogen-bond acceptors (Lipinski definition) is 5. The lowest BCUT2D eigenvalue weighted by atomic mass is 10.2. The number of nitrogens with one attached hydrogen (secondary N) is 3. The summed E-state index contributed by atoms with van der Waals surface area (Å²) in [5, 5.41) is 5.29. The molecule has 154 valence electrons. The van der Waals surface area contributed by atoms with Crippen molar-refractivity contribution >= 4 is 34.4 Å². The number of aromatic amines is 1. The molecule has 0 aromatic carbocycles. The summed E-state index contributed by atoms with van der Waals surface area (Å²) in [7, 11) is 0. The lowest BCUT2D eigenvalue weighted by Gasteiger charge is -2.18. The van der Waals surface area contributed by atoms with Crippen LogP contribution in [0.15, 0.2) is 24.7 Å². The molecule has 0 unspecified atom stereocenters. The average molecular weight is 431 g/mol. The van der Waals surface area contributed by atoms with Crippen molar-refractivity contribution in [2.75, 3.05) is 11.9 Å². The summed E-state index contributed by atoms with van der Waals surface area (Å²) in [6.07, 6.45) is -0.519. The highest BCUT2D eigenvalue weighted by atomic mass is 35.5. The minimum atomic E-state index is -4.55. The number of carbonyl (C=O) groups excluding carboxylic acids is 1. The molecule has 0 aliphatic carbocycles.